The van der Waals surface area contributed by atoms with Gasteiger partial charge in [0.2, 0.25) is 0 Å². The lowest BCUT2D eigenvalue weighted by Gasteiger charge is -2.12. The van der Waals surface area contributed by atoms with Crippen molar-refractivity contribution in [3.05, 3.63) is 50.4 Å². The van der Waals surface area contributed by atoms with Gasteiger partial charge in [0.05, 0.1) is 20.8 Å². The number of rotatable bonds is 7. The summed E-state index contributed by atoms with van der Waals surface area (Å²) < 4.78 is 14.7. The number of aromatic nitrogens is 4. The average Bonchev–Trinajstić information content (AvgIpc) is 3.13. The van der Waals surface area contributed by atoms with Gasteiger partial charge in [0.15, 0.2) is 28.5 Å². The molecule has 0 aliphatic carbocycles. The van der Waals surface area contributed by atoms with Gasteiger partial charge in [-0.3, -0.25) is 9.36 Å². The predicted octanol–water partition coefficient (Wildman–Crippen LogP) is 0.899. The van der Waals surface area contributed by atoms with Crippen molar-refractivity contribution in [1.29, 1.82) is 0 Å². The van der Waals surface area contributed by atoms with Crippen molar-refractivity contribution < 1.29 is 9.47 Å². The zero-order valence-electron chi connectivity index (χ0n) is 19.5. The largest absolute Gasteiger partial charge is 0.493 e. The molecule has 9 heteroatoms. The van der Waals surface area contributed by atoms with Crippen LogP contribution < -0.4 is 20.7 Å². The molecule has 9 nitrogen and oxygen atoms in total. The van der Waals surface area contributed by atoms with E-state index >= 15 is 0 Å². The summed E-state index contributed by atoms with van der Waals surface area (Å²) in [4.78, 5) is 32.6. The Morgan fingerprint density at radius 3 is 2.45 bits per heavy atom. The van der Waals surface area contributed by atoms with Crippen LogP contribution in [0.1, 0.15) is 17.8 Å². The molecule has 0 aliphatic rings. The van der Waals surface area contributed by atoms with Crippen LogP contribution in [0.15, 0.2) is 27.8 Å². The minimum Gasteiger partial charge on any atom is -0.493 e. The average molecular weight is 450 g/mol. The van der Waals surface area contributed by atoms with Crippen LogP contribution in [0.3, 0.4) is 0 Å². The molecule has 0 unspecified atom stereocenters. The van der Waals surface area contributed by atoms with Crippen molar-refractivity contribution in [2.24, 2.45) is 7.05 Å². The standard InChI is InChI=1S/C24H27N5O4/c1-7-13-29-23(30)21-22(28(24(29)31)15-8-14-26(2)3)25-20(27(21)4)12-10-17-9-11-18(32-5)19(16-17)33-6/h1,9,11,16H,8,13-15H2,2-6H3. The van der Waals surface area contributed by atoms with Gasteiger partial charge in [-0.25, -0.2) is 14.3 Å². The van der Waals surface area contributed by atoms with Crippen LogP contribution in [-0.4, -0.2) is 58.4 Å². The van der Waals surface area contributed by atoms with Gasteiger partial charge in [0.25, 0.3) is 5.56 Å². The number of fused-ring (bicyclic) bond motifs is 1. The highest BCUT2D eigenvalue weighted by Crippen LogP contribution is 2.27. The maximum absolute atomic E-state index is 13.0. The number of terminal acetylenes is 1. The fourth-order valence-electron chi connectivity index (χ4n) is 3.49. The van der Waals surface area contributed by atoms with E-state index in [2.05, 4.69) is 22.7 Å². The van der Waals surface area contributed by atoms with Gasteiger partial charge in [-0.1, -0.05) is 11.8 Å². The smallest absolute Gasteiger partial charge is 0.333 e. The van der Waals surface area contributed by atoms with E-state index in [4.69, 9.17) is 15.9 Å². The number of hydrogen-bond donors (Lipinski definition) is 0. The summed E-state index contributed by atoms with van der Waals surface area (Å²) in [7, 11) is 8.73. The van der Waals surface area contributed by atoms with Gasteiger partial charge in [-0.05, 0) is 51.2 Å². The summed E-state index contributed by atoms with van der Waals surface area (Å²) in [6, 6.07) is 5.32. The molecule has 0 bridgehead atoms. The van der Waals surface area contributed by atoms with Gasteiger partial charge < -0.3 is 18.9 Å². The van der Waals surface area contributed by atoms with Crippen molar-refractivity contribution in [1.82, 2.24) is 23.6 Å². The molecule has 0 saturated carbocycles. The lowest BCUT2D eigenvalue weighted by Crippen LogP contribution is -2.40. The first-order chi connectivity index (χ1) is 15.8. The van der Waals surface area contributed by atoms with Crippen LogP contribution in [0.4, 0.5) is 0 Å². The third kappa shape index (κ3) is 4.79. The molecule has 1 aromatic carbocycles. The Balaban J connectivity index is 2.15. The van der Waals surface area contributed by atoms with E-state index in [1.54, 1.807) is 44.0 Å². The van der Waals surface area contributed by atoms with Crippen LogP contribution in [-0.2, 0) is 20.1 Å². The molecule has 172 valence electrons. The quantitative estimate of drug-likeness (QED) is 0.499. The molecular formula is C24H27N5O4. The maximum Gasteiger partial charge on any atom is 0.333 e. The summed E-state index contributed by atoms with van der Waals surface area (Å²) in [5.41, 5.74) is 0.322. The van der Waals surface area contributed by atoms with Crippen molar-refractivity contribution in [2.45, 2.75) is 19.5 Å². The molecule has 0 atom stereocenters. The van der Waals surface area contributed by atoms with Crippen LogP contribution in [0.25, 0.3) is 11.2 Å². The second-order valence-corrected chi connectivity index (χ2v) is 7.67. The lowest BCUT2D eigenvalue weighted by molar-refractivity contribution is 0.355. The number of aryl methyl sites for hydroxylation is 2. The first-order valence-corrected chi connectivity index (χ1v) is 10.3. The number of nitrogens with zero attached hydrogens (tertiary/aromatic N) is 5. The summed E-state index contributed by atoms with van der Waals surface area (Å²) in [6.07, 6.45) is 6.11. The normalized spacial score (nSPS) is 10.7. The van der Waals surface area contributed by atoms with E-state index in [1.807, 2.05) is 19.0 Å². The maximum atomic E-state index is 13.0. The number of methoxy groups -OCH3 is 2. The Labute approximate surface area is 192 Å². The highest BCUT2D eigenvalue weighted by atomic mass is 16.5. The molecule has 2 heterocycles. The highest BCUT2D eigenvalue weighted by Gasteiger charge is 2.19. The molecule has 0 radical (unpaired) electrons. The number of imidazole rings is 1. The molecule has 0 spiro atoms. The van der Waals surface area contributed by atoms with Crippen LogP contribution >= 0.6 is 0 Å². The van der Waals surface area contributed by atoms with Gasteiger partial charge in [0.1, 0.15) is 0 Å². The molecule has 3 aromatic rings. The SMILES string of the molecule is C#CCn1c(=O)c2c(nc(C#Cc3ccc(OC)c(OC)c3)n2C)n(CCCN(C)C)c1=O. The lowest BCUT2D eigenvalue weighted by atomic mass is 10.2. The van der Waals surface area contributed by atoms with Crippen LogP contribution in [0.5, 0.6) is 11.5 Å². The number of hydrogen-bond acceptors (Lipinski definition) is 6. The Morgan fingerprint density at radius 2 is 1.82 bits per heavy atom. The van der Waals surface area contributed by atoms with Gasteiger partial charge in [0, 0.05) is 19.2 Å². The molecule has 0 fully saturated rings. The highest BCUT2D eigenvalue weighted by molar-refractivity contribution is 5.72. The molecule has 0 saturated heterocycles. The van der Waals surface area contributed by atoms with Crippen molar-refractivity contribution in [3.8, 4) is 35.7 Å². The monoisotopic (exact) mass is 449 g/mol. The summed E-state index contributed by atoms with van der Waals surface area (Å²) in [5.74, 6) is 9.94. The Hall–Kier alpha value is -3.95. The minimum atomic E-state index is -0.481. The second-order valence-electron chi connectivity index (χ2n) is 7.67. The molecule has 3 rings (SSSR count). The fourth-order valence-corrected chi connectivity index (χ4v) is 3.49. The summed E-state index contributed by atoms with van der Waals surface area (Å²) in [5, 5.41) is 0. The van der Waals surface area contributed by atoms with E-state index in [9.17, 15) is 9.59 Å². The first kappa shape index (κ1) is 23.7. The first-order valence-electron chi connectivity index (χ1n) is 10.3. The van der Waals surface area contributed by atoms with Gasteiger partial charge in [-0.2, -0.15) is 0 Å². The van der Waals surface area contributed by atoms with E-state index < -0.39 is 11.2 Å². The predicted molar refractivity (Wildman–Crippen MR) is 127 cm³/mol. The van der Waals surface area contributed by atoms with E-state index in [0.717, 1.165) is 11.1 Å². The zero-order valence-corrected chi connectivity index (χ0v) is 19.5. The molecular weight excluding hydrogens is 422 g/mol. The van der Waals surface area contributed by atoms with Crippen LogP contribution in [0, 0.1) is 24.2 Å². The van der Waals surface area contributed by atoms with Crippen molar-refractivity contribution in [3.63, 3.8) is 0 Å². The third-order valence-electron chi connectivity index (χ3n) is 5.18. The Morgan fingerprint density at radius 1 is 1.09 bits per heavy atom. The molecule has 0 aliphatic heterocycles. The number of benzene rings is 1. The minimum absolute atomic E-state index is 0.112. The van der Waals surface area contributed by atoms with Gasteiger partial charge in [-0.15, -0.1) is 6.42 Å². The molecule has 0 amide bonds. The summed E-state index contributed by atoms with van der Waals surface area (Å²) >= 11 is 0. The van der Waals surface area contributed by atoms with E-state index in [0.29, 0.717) is 41.5 Å². The van der Waals surface area contributed by atoms with Crippen molar-refractivity contribution >= 4 is 11.2 Å². The third-order valence-corrected chi connectivity index (χ3v) is 5.18. The topological polar surface area (TPSA) is 83.5 Å². The van der Waals surface area contributed by atoms with Gasteiger partial charge >= 0.3 is 5.69 Å². The fraction of sp³-hybridized carbons (Fsp3) is 0.375. The zero-order chi connectivity index (χ0) is 24.1. The Bertz CT molecular complexity index is 1390. The van der Waals surface area contributed by atoms with Crippen molar-refractivity contribution in [2.75, 3.05) is 34.9 Å². The van der Waals surface area contributed by atoms with E-state index in [1.165, 1.54) is 4.57 Å². The molecule has 33 heavy (non-hydrogen) atoms. The summed E-state index contributed by atoms with van der Waals surface area (Å²) in [6.45, 7) is 1.07. The Kier molecular flexibility index (Phi) is 7.27. The van der Waals surface area contributed by atoms with E-state index in [-0.39, 0.29) is 12.1 Å². The van der Waals surface area contributed by atoms with Crippen LogP contribution in [0.2, 0.25) is 0 Å². The second kappa shape index (κ2) is 10.1. The molecule has 0 N–H and O–H groups in total. The number of ether oxygens (including phenoxy) is 2. The molecule has 2 aromatic heterocycles.